The fraction of sp³-hybridized carbons (Fsp3) is 0.267. The van der Waals surface area contributed by atoms with Crippen LogP contribution in [-0.4, -0.2) is 36.0 Å². The molecule has 2 aromatic rings. The van der Waals surface area contributed by atoms with Crippen LogP contribution < -0.4 is 0 Å². The number of hydrogen-bond acceptors (Lipinski definition) is 4. The molecule has 0 bridgehead atoms. The van der Waals surface area contributed by atoms with Crippen molar-refractivity contribution in [3.05, 3.63) is 59.7 Å². The predicted molar refractivity (Wildman–Crippen MR) is 80.1 cm³/mol. The van der Waals surface area contributed by atoms with E-state index in [1.54, 1.807) is 31.5 Å². The van der Waals surface area contributed by atoms with Crippen molar-refractivity contribution in [2.24, 2.45) is 0 Å². The van der Waals surface area contributed by atoms with Gasteiger partial charge in [-0.05, 0) is 42.3 Å². The number of aliphatic hydroxyl groups is 1. The SMILES string of the molecule is Cc1cc(F)cc(S(=O)(=O)N(CCO)Cc2cccnc2)c1. The van der Waals surface area contributed by atoms with Crippen molar-refractivity contribution in [1.29, 1.82) is 0 Å². The second kappa shape index (κ2) is 6.95. The molecule has 5 nitrogen and oxygen atoms in total. The average Bonchev–Trinajstić information content (AvgIpc) is 2.47. The standard InChI is InChI=1S/C15H17FN2O3S/c1-12-7-14(16)9-15(8-12)22(20,21)18(5-6-19)11-13-3-2-4-17-10-13/h2-4,7-10,19H,5-6,11H2,1H3. The van der Waals surface area contributed by atoms with Crippen LogP contribution in [0.5, 0.6) is 0 Å². The van der Waals surface area contributed by atoms with E-state index < -0.39 is 15.8 Å². The summed E-state index contributed by atoms with van der Waals surface area (Å²) in [6.45, 7) is 1.28. The van der Waals surface area contributed by atoms with Gasteiger partial charge in [0, 0.05) is 25.5 Å². The first-order chi connectivity index (χ1) is 10.4. The molecule has 0 aliphatic carbocycles. The normalized spacial score (nSPS) is 11.8. The van der Waals surface area contributed by atoms with Gasteiger partial charge < -0.3 is 5.11 Å². The lowest BCUT2D eigenvalue weighted by molar-refractivity contribution is 0.251. The largest absolute Gasteiger partial charge is 0.395 e. The molecular weight excluding hydrogens is 307 g/mol. The maximum Gasteiger partial charge on any atom is 0.243 e. The van der Waals surface area contributed by atoms with E-state index in [0.717, 1.165) is 10.4 Å². The Morgan fingerprint density at radius 3 is 2.68 bits per heavy atom. The number of benzene rings is 1. The third-order valence-electron chi connectivity index (χ3n) is 3.08. The zero-order valence-electron chi connectivity index (χ0n) is 12.1. The monoisotopic (exact) mass is 324 g/mol. The number of pyridine rings is 1. The van der Waals surface area contributed by atoms with Crippen molar-refractivity contribution >= 4 is 10.0 Å². The number of aliphatic hydroxyl groups excluding tert-OH is 1. The fourth-order valence-corrected chi connectivity index (χ4v) is 3.63. The van der Waals surface area contributed by atoms with Gasteiger partial charge in [-0.1, -0.05) is 6.07 Å². The maximum atomic E-state index is 13.5. The number of aromatic nitrogens is 1. The molecule has 7 heteroatoms. The molecule has 2 rings (SSSR count). The second-order valence-electron chi connectivity index (χ2n) is 4.89. The highest BCUT2D eigenvalue weighted by atomic mass is 32.2. The molecular formula is C15H17FN2O3S. The van der Waals surface area contributed by atoms with Crippen molar-refractivity contribution in [2.75, 3.05) is 13.2 Å². The Bertz CT molecular complexity index is 715. The average molecular weight is 324 g/mol. The topological polar surface area (TPSA) is 70.5 Å². The lowest BCUT2D eigenvalue weighted by Gasteiger charge is -2.21. The predicted octanol–water partition coefficient (Wildman–Crippen LogP) is 1.71. The molecule has 1 aromatic carbocycles. The summed E-state index contributed by atoms with van der Waals surface area (Å²) in [4.78, 5) is 3.81. The third-order valence-corrected chi connectivity index (χ3v) is 4.91. The second-order valence-corrected chi connectivity index (χ2v) is 6.83. The zero-order chi connectivity index (χ0) is 16.2. The molecule has 0 radical (unpaired) electrons. The van der Waals surface area contributed by atoms with Gasteiger partial charge in [-0.15, -0.1) is 0 Å². The number of hydrogen-bond donors (Lipinski definition) is 1. The van der Waals surface area contributed by atoms with Crippen LogP contribution >= 0.6 is 0 Å². The van der Waals surface area contributed by atoms with Gasteiger partial charge >= 0.3 is 0 Å². The fourth-order valence-electron chi connectivity index (χ4n) is 2.09. The van der Waals surface area contributed by atoms with Gasteiger partial charge in [0.2, 0.25) is 10.0 Å². The van der Waals surface area contributed by atoms with E-state index in [9.17, 15) is 12.8 Å². The lowest BCUT2D eigenvalue weighted by Crippen LogP contribution is -2.33. The van der Waals surface area contributed by atoms with Gasteiger partial charge in [-0.25, -0.2) is 12.8 Å². The van der Waals surface area contributed by atoms with Crippen LogP contribution in [-0.2, 0) is 16.6 Å². The number of nitrogens with zero attached hydrogens (tertiary/aromatic N) is 2. The summed E-state index contributed by atoms with van der Waals surface area (Å²) >= 11 is 0. The van der Waals surface area contributed by atoms with Gasteiger partial charge in [-0.3, -0.25) is 4.98 Å². The van der Waals surface area contributed by atoms with Crippen LogP contribution in [0.4, 0.5) is 4.39 Å². The van der Waals surface area contributed by atoms with Crippen molar-refractivity contribution in [2.45, 2.75) is 18.4 Å². The number of aryl methyl sites for hydroxylation is 1. The summed E-state index contributed by atoms with van der Waals surface area (Å²) in [5, 5.41) is 9.14. The Kier molecular flexibility index (Phi) is 5.23. The molecule has 0 atom stereocenters. The van der Waals surface area contributed by atoms with E-state index in [-0.39, 0.29) is 24.6 Å². The molecule has 1 aromatic heterocycles. The quantitative estimate of drug-likeness (QED) is 0.878. The van der Waals surface area contributed by atoms with E-state index in [1.165, 1.54) is 12.1 Å². The Labute approximate surface area is 129 Å². The minimum Gasteiger partial charge on any atom is -0.395 e. The molecule has 22 heavy (non-hydrogen) atoms. The molecule has 0 unspecified atom stereocenters. The van der Waals surface area contributed by atoms with Crippen LogP contribution in [0.15, 0.2) is 47.6 Å². The number of rotatable bonds is 6. The highest BCUT2D eigenvalue weighted by Crippen LogP contribution is 2.20. The molecule has 0 fully saturated rings. The summed E-state index contributed by atoms with van der Waals surface area (Å²) in [5.74, 6) is -0.607. The van der Waals surface area contributed by atoms with Crippen LogP contribution in [0, 0.1) is 12.7 Å². The van der Waals surface area contributed by atoms with E-state index in [1.807, 2.05) is 0 Å². The van der Waals surface area contributed by atoms with Crippen molar-refractivity contribution < 1.29 is 17.9 Å². The van der Waals surface area contributed by atoms with Crippen molar-refractivity contribution in [1.82, 2.24) is 9.29 Å². The molecule has 0 saturated carbocycles. The smallest absolute Gasteiger partial charge is 0.243 e. The molecule has 118 valence electrons. The summed E-state index contributed by atoms with van der Waals surface area (Å²) in [6, 6.07) is 7.09. The first-order valence-corrected chi connectivity index (χ1v) is 8.14. The summed E-state index contributed by atoms with van der Waals surface area (Å²) in [6.07, 6.45) is 3.14. The molecule has 1 heterocycles. The Balaban J connectivity index is 2.37. The van der Waals surface area contributed by atoms with Gasteiger partial charge in [0.15, 0.2) is 0 Å². The van der Waals surface area contributed by atoms with E-state index >= 15 is 0 Å². The Morgan fingerprint density at radius 2 is 2.09 bits per heavy atom. The molecule has 0 spiro atoms. The first-order valence-electron chi connectivity index (χ1n) is 6.70. The molecule has 0 saturated heterocycles. The number of sulfonamides is 1. The minimum absolute atomic E-state index is 0.0618. The van der Waals surface area contributed by atoms with E-state index in [4.69, 9.17) is 5.11 Å². The van der Waals surface area contributed by atoms with Gasteiger partial charge in [0.25, 0.3) is 0 Å². The highest BCUT2D eigenvalue weighted by molar-refractivity contribution is 7.89. The van der Waals surface area contributed by atoms with E-state index in [2.05, 4.69) is 4.98 Å². The molecule has 0 aliphatic rings. The molecule has 0 aliphatic heterocycles. The van der Waals surface area contributed by atoms with Gasteiger partial charge in [0.05, 0.1) is 11.5 Å². The first kappa shape index (κ1) is 16.5. The van der Waals surface area contributed by atoms with Gasteiger partial charge in [0.1, 0.15) is 5.82 Å². The van der Waals surface area contributed by atoms with Crippen LogP contribution in [0.2, 0.25) is 0 Å². The highest BCUT2D eigenvalue weighted by Gasteiger charge is 2.25. The Hall–Kier alpha value is -1.83. The van der Waals surface area contributed by atoms with Crippen molar-refractivity contribution in [3.63, 3.8) is 0 Å². The maximum absolute atomic E-state index is 13.5. The third kappa shape index (κ3) is 3.88. The molecule has 1 N–H and O–H groups in total. The summed E-state index contributed by atoms with van der Waals surface area (Å²) < 4.78 is 39.9. The van der Waals surface area contributed by atoms with E-state index in [0.29, 0.717) is 11.1 Å². The summed E-state index contributed by atoms with van der Waals surface area (Å²) in [7, 11) is -3.90. The van der Waals surface area contributed by atoms with Crippen LogP contribution in [0.25, 0.3) is 0 Å². The zero-order valence-corrected chi connectivity index (χ0v) is 12.9. The molecule has 0 amide bonds. The lowest BCUT2D eigenvalue weighted by atomic mass is 10.2. The number of halogens is 1. The minimum atomic E-state index is -3.90. The summed E-state index contributed by atoms with van der Waals surface area (Å²) in [5.41, 5.74) is 1.21. The van der Waals surface area contributed by atoms with Crippen LogP contribution in [0.3, 0.4) is 0 Å². The van der Waals surface area contributed by atoms with Crippen molar-refractivity contribution in [3.8, 4) is 0 Å². The van der Waals surface area contributed by atoms with Gasteiger partial charge in [-0.2, -0.15) is 4.31 Å². The van der Waals surface area contributed by atoms with Crippen LogP contribution in [0.1, 0.15) is 11.1 Å². The Morgan fingerprint density at radius 1 is 1.32 bits per heavy atom.